The zero-order chi connectivity index (χ0) is 16.1. The summed E-state index contributed by atoms with van der Waals surface area (Å²) in [4.78, 5) is 0. The fourth-order valence-electron chi connectivity index (χ4n) is 2.39. The molecule has 2 rings (SSSR count). The van der Waals surface area contributed by atoms with Crippen LogP contribution in [-0.4, -0.2) is 26.9 Å². The minimum atomic E-state index is 0.315. The highest BCUT2D eigenvalue weighted by molar-refractivity contribution is 5.30. The first kappa shape index (κ1) is 16.2. The van der Waals surface area contributed by atoms with Crippen LogP contribution in [0.5, 0.6) is 0 Å². The molecule has 118 valence electrons. The van der Waals surface area contributed by atoms with E-state index in [0.29, 0.717) is 18.6 Å². The molecule has 1 aromatic carbocycles. The van der Waals surface area contributed by atoms with Gasteiger partial charge in [0.2, 0.25) is 0 Å². The van der Waals surface area contributed by atoms with Gasteiger partial charge in [0.15, 0.2) is 5.82 Å². The van der Waals surface area contributed by atoms with Crippen LogP contribution >= 0.6 is 0 Å². The standard InChI is InChI=1S/C17H25N5/c1-13(2)22(14(3)4)20-18-17-11-15(5)19-21(17)12-16-9-7-6-8-10-16/h6-11,13-14H,12H2,1-5H3/b20-18+. The van der Waals surface area contributed by atoms with E-state index in [1.165, 1.54) is 5.56 Å². The van der Waals surface area contributed by atoms with E-state index >= 15 is 0 Å². The third kappa shape index (κ3) is 4.16. The van der Waals surface area contributed by atoms with Crippen molar-refractivity contribution in [1.29, 1.82) is 0 Å². The maximum Gasteiger partial charge on any atom is 0.175 e. The predicted molar refractivity (Wildman–Crippen MR) is 89.1 cm³/mol. The van der Waals surface area contributed by atoms with Crippen LogP contribution in [0.25, 0.3) is 0 Å². The van der Waals surface area contributed by atoms with Crippen molar-refractivity contribution >= 4 is 5.82 Å². The van der Waals surface area contributed by atoms with E-state index < -0.39 is 0 Å². The van der Waals surface area contributed by atoms with Crippen molar-refractivity contribution < 1.29 is 0 Å². The maximum absolute atomic E-state index is 4.52. The van der Waals surface area contributed by atoms with E-state index in [2.05, 4.69) is 55.3 Å². The van der Waals surface area contributed by atoms with Gasteiger partial charge in [-0.15, -0.1) is 5.11 Å². The van der Waals surface area contributed by atoms with Gasteiger partial charge in [-0.2, -0.15) is 5.10 Å². The second-order valence-electron chi connectivity index (χ2n) is 6.04. The van der Waals surface area contributed by atoms with Gasteiger partial charge < -0.3 is 0 Å². The van der Waals surface area contributed by atoms with Gasteiger partial charge in [0.05, 0.1) is 12.2 Å². The third-order valence-electron chi connectivity index (χ3n) is 3.36. The van der Waals surface area contributed by atoms with E-state index in [1.807, 2.05) is 40.9 Å². The summed E-state index contributed by atoms with van der Waals surface area (Å²) in [6.45, 7) is 11.1. The van der Waals surface area contributed by atoms with Gasteiger partial charge in [-0.25, -0.2) is 4.68 Å². The van der Waals surface area contributed by atoms with Crippen LogP contribution in [0.3, 0.4) is 0 Å². The molecule has 2 aromatic rings. The molecule has 5 heteroatoms. The van der Waals surface area contributed by atoms with Gasteiger partial charge in [0.25, 0.3) is 0 Å². The molecule has 1 aromatic heterocycles. The Morgan fingerprint density at radius 3 is 2.32 bits per heavy atom. The molecule has 0 amide bonds. The molecule has 0 spiro atoms. The van der Waals surface area contributed by atoms with Crippen molar-refractivity contribution in [3.05, 3.63) is 47.7 Å². The molecule has 0 saturated heterocycles. The third-order valence-corrected chi connectivity index (χ3v) is 3.36. The van der Waals surface area contributed by atoms with Crippen molar-refractivity contribution in [2.24, 2.45) is 10.3 Å². The Balaban J connectivity index is 2.21. The Morgan fingerprint density at radius 1 is 1.09 bits per heavy atom. The Bertz CT molecular complexity index is 605. The van der Waals surface area contributed by atoms with E-state index in [4.69, 9.17) is 0 Å². The van der Waals surface area contributed by atoms with Crippen molar-refractivity contribution in [1.82, 2.24) is 14.8 Å². The lowest BCUT2D eigenvalue weighted by atomic mass is 10.2. The highest BCUT2D eigenvalue weighted by atomic mass is 15.6. The normalized spacial score (nSPS) is 11.8. The lowest BCUT2D eigenvalue weighted by Crippen LogP contribution is -2.31. The van der Waals surface area contributed by atoms with Gasteiger partial charge in [0, 0.05) is 18.2 Å². The molecule has 22 heavy (non-hydrogen) atoms. The zero-order valence-electron chi connectivity index (χ0n) is 14.1. The molecule has 0 aliphatic carbocycles. The summed E-state index contributed by atoms with van der Waals surface area (Å²) in [5.41, 5.74) is 2.15. The molecule has 0 radical (unpaired) electrons. The number of rotatable bonds is 6. The van der Waals surface area contributed by atoms with Crippen molar-refractivity contribution in [3.63, 3.8) is 0 Å². The largest absolute Gasteiger partial charge is 0.273 e. The molecule has 1 heterocycles. The van der Waals surface area contributed by atoms with Gasteiger partial charge in [0.1, 0.15) is 0 Å². The van der Waals surface area contributed by atoms with Gasteiger partial charge >= 0.3 is 0 Å². The summed E-state index contributed by atoms with van der Waals surface area (Å²) < 4.78 is 1.90. The average Bonchev–Trinajstić information content (AvgIpc) is 2.79. The van der Waals surface area contributed by atoms with Crippen LogP contribution in [-0.2, 0) is 6.54 Å². The number of nitrogens with zero attached hydrogens (tertiary/aromatic N) is 5. The molecule has 0 atom stereocenters. The summed E-state index contributed by atoms with van der Waals surface area (Å²) in [5, 5.41) is 15.3. The fraction of sp³-hybridized carbons (Fsp3) is 0.471. The minimum Gasteiger partial charge on any atom is -0.273 e. The van der Waals surface area contributed by atoms with Crippen LogP contribution in [0.1, 0.15) is 39.0 Å². The van der Waals surface area contributed by atoms with Gasteiger partial charge in [-0.05, 0) is 40.2 Å². The molecular formula is C17H25N5. The second kappa shape index (κ2) is 7.20. The van der Waals surface area contributed by atoms with Crippen molar-refractivity contribution in [3.8, 4) is 0 Å². The molecule has 0 fully saturated rings. The first-order chi connectivity index (χ1) is 10.5. The molecule has 0 aliphatic rings. The summed E-state index contributed by atoms with van der Waals surface area (Å²) in [5.74, 6) is 0.785. The zero-order valence-corrected chi connectivity index (χ0v) is 14.1. The molecular weight excluding hydrogens is 274 g/mol. The highest BCUT2D eigenvalue weighted by Gasteiger charge is 2.12. The summed E-state index contributed by atoms with van der Waals surface area (Å²) >= 11 is 0. The summed E-state index contributed by atoms with van der Waals surface area (Å²) in [7, 11) is 0. The number of hydrogen-bond donors (Lipinski definition) is 0. The lowest BCUT2D eigenvalue weighted by molar-refractivity contribution is 0.169. The fourth-order valence-corrected chi connectivity index (χ4v) is 2.39. The number of hydrogen-bond acceptors (Lipinski definition) is 3. The average molecular weight is 299 g/mol. The topological polar surface area (TPSA) is 45.8 Å². The van der Waals surface area contributed by atoms with E-state index in [9.17, 15) is 0 Å². The Hall–Kier alpha value is -2.17. The SMILES string of the molecule is Cc1cc(/N=N/N(C(C)C)C(C)C)n(Cc2ccccc2)n1. The molecule has 0 unspecified atom stereocenters. The van der Waals surface area contributed by atoms with Crippen LogP contribution in [0, 0.1) is 6.92 Å². The Morgan fingerprint density at radius 2 is 1.73 bits per heavy atom. The van der Waals surface area contributed by atoms with Crippen molar-refractivity contribution in [2.75, 3.05) is 0 Å². The quantitative estimate of drug-likeness (QED) is 0.588. The maximum atomic E-state index is 4.52. The van der Waals surface area contributed by atoms with Crippen molar-refractivity contribution in [2.45, 2.75) is 53.2 Å². The highest BCUT2D eigenvalue weighted by Crippen LogP contribution is 2.18. The number of benzene rings is 1. The molecule has 0 aliphatic heterocycles. The molecule has 5 nitrogen and oxygen atoms in total. The first-order valence-electron chi connectivity index (χ1n) is 7.75. The Kier molecular flexibility index (Phi) is 5.31. The van der Waals surface area contributed by atoms with E-state index in [-0.39, 0.29) is 0 Å². The number of aromatic nitrogens is 2. The monoisotopic (exact) mass is 299 g/mol. The molecule has 0 N–H and O–H groups in total. The van der Waals surface area contributed by atoms with Crippen LogP contribution in [0.4, 0.5) is 5.82 Å². The van der Waals surface area contributed by atoms with Gasteiger partial charge in [-0.1, -0.05) is 35.6 Å². The van der Waals surface area contributed by atoms with Crippen LogP contribution < -0.4 is 0 Å². The molecule has 0 bridgehead atoms. The summed E-state index contributed by atoms with van der Waals surface area (Å²) in [6, 6.07) is 12.9. The predicted octanol–water partition coefficient (Wildman–Crippen LogP) is 4.36. The van der Waals surface area contributed by atoms with Crippen LogP contribution in [0.2, 0.25) is 0 Å². The first-order valence-corrected chi connectivity index (χ1v) is 7.75. The van der Waals surface area contributed by atoms with Gasteiger partial charge in [-0.3, -0.25) is 5.01 Å². The number of aryl methyl sites for hydroxylation is 1. The minimum absolute atomic E-state index is 0.315. The van der Waals surface area contributed by atoms with Crippen LogP contribution in [0.15, 0.2) is 46.7 Å². The lowest BCUT2D eigenvalue weighted by Gasteiger charge is -2.25. The smallest absolute Gasteiger partial charge is 0.175 e. The second-order valence-corrected chi connectivity index (χ2v) is 6.04. The summed E-state index contributed by atoms with van der Waals surface area (Å²) in [6.07, 6.45) is 0. The van der Waals surface area contributed by atoms with E-state index in [0.717, 1.165) is 11.5 Å². The van der Waals surface area contributed by atoms with E-state index in [1.54, 1.807) is 0 Å². The Labute approximate surface area is 132 Å². The molecule has 0 saturated carbocycles.